The molecule has 1 N–H and O–H groups in total. The lowest BCUT2D eigenvalue weighted by molar-refractivity contribution is -0.124. The minimum Gasteiger partial charge on any atom is -0.372 e. The monoisotopic (exact) mass is 380 g/mol. The zero-order chi connectivity index (χ0) is 19.8. The standard InChI is InChI=1S/C24H32N2O2/c1-19(2)15-26-12-11-23(16-26)24(27)25-14-21-9-6-10-22(13-21)18-28-17-20-7-4-3-5-8-20/h3-10,13,19,23H,11-12,14-18H2,1-2H3,(H,25,27)/t23-/m1/s1. The molecule has 0 aromatic heterocycles. The van der Waals surface area contributed by atoms with Gasteiger partial charge in [0.2, 0.25) is 5.91 Å². The number of ether oxygens (including phenoxy) is 1. The van der Waals surface area contributed by atoms with Crippen molar-refractivity contribution in [2.24, 2.45) is 11.8 Å². The summed E-state index contributed by atoms with van der Waals surface area (Å²) in [5, 5.41) is 3.12. The Kier molecular flexibility index (Phi) is 7.63. The fourth-order valence-electron chi connectivity index (χ4n) is 3.75. The number of hydrogen-bond acceptors (Lipinski definition) is 3. The molecule has 0 bridgehead atoms. The highest BCUT2D eigenvalue weighted by Crippen LogP contribution is 2.18. The van der Waals surface area contributed by atoms with Gasteiger partial charge in [-0.2, -0.15) is 0 Å². The van der Waals surface area contributed by atoms with Crippen LogP contribution in [0.2, 0.25) is 0 Å². The van der Waals surface area contributed by atoms with Gasteiger partial charge in [-0.25, -0.2) is 0 Å². The summed E-state index contributed by atoms with van der Waals surface area (Å²) in [5.41, 5.74) is 3.42. The molecule has 1 fully saturated rings. The SMILES string of the molecule is CC(C)CN1CC[C@@H](C(=O)NCc2cccc(COCc3ccccc3)c2)C1. The third kappa shape index (κ3) is 6.47. The number of carbonyl (C=O) groups excluding carboxylic acids is 1. The molecule has 0 saturated carbocycles. The van der Waals surface area contributed by atoms with Crippen LogP contribution >= 0.6 is 0 Å². The quantitative estimate of drug-likeness (QED) is 0.715. The Hall–Kier alpha value is -2.17. The van der Waals surface area contributed by atoms with Gasteiger partial charge in [0.05, 0.1) is 19.1 Å². The zero-order valence-electron chi connectivity index (χ0n) is 17.1. The van der Waals surface area contributed by atoms with Crippen molar-refractivity contribution in [3.8, 4) is 0 Å². The van der Waals surface area contributed by atoms with Gasteiger partial charge in [-0.3, -0.25) is 4.79 Å². The summed E-state index contributed by atoms with van der Waals surface area (Å²) in [6, 6.07) is 18.5. The number of carbonyl (C=O) groups is 1. The van der Waals surface area contributed by atoms with E-state index < -0.39 is 0 Å². The van der Waals surface area contributed by atoms with Crippen LogP contribution in [0.25, 0.3) is 0 Å². The van der Waals surface area contributed by atoms with Gasteiger partial charge in [0.1, 0.15) is 0 Å². The lowest BCUT2D eigenvalue weighted by atomic mass is 10.1. The average Bonchev–Trinajstić information content (AvgIpc) is 3.15. The van der Waals surface area contributed by atoms with Crippen molar-refractivity contribution in [2.45, 2.75) is 40.0 Å². The fourth-order valence-corrected chi connectivity index (χ4v) is 3.75. The number of rotatable bonds is 9. The first-order valence-electron chi connectivity index (χ1n) is 10.3. The maximum Gasteiger partial charge on any atom is 0.224 e. The Morgan fingerprint density at radius 1 is 1.07 bits per heavy atom. The van der Waals surface area contributed by atoms with Crippen molar-refractivity contribution in [1.82, 2.24) is 10.2 Å². The van der Waals surface area contributed by atoms with Gasteiger partial charge in [0.15, 0.2) is 0 Å². The predicted octanol–water partition coefficient (Wildman–Crippen LogP) is 4.00. The second-order valence-electron chi connectivity index (χ2n) is 8.16. The molecule has 1 heterocycles. The molecule has 1 aliphatic heterocycles. The Morgan fingerprint density at radius 3 is 2.57 bits per heavy atom. The minimum absolute atomic E-state index is 0.121. The molecule has 4 heteroatoms. The molecule has 28 heavy (non-hydrogen) atoms. The van der Waals surface area contributed by atoms with E-state index in [1.165, 1.54) is 5.56 Å². The number of nitrogens with one attached hydrogen (secondary N) is 1. The van der Waals surface area contributed by atoms with E-state index in [1.54, 1.807) is 0 Å². The van der Waals surface area contributed by atoms with Crippen molar-refractivity contribution in [3.63, 3.8) is 0 Å². The summed E-state index contributed by atoms with van der Waals surface area (Å²) >= 11 is 0. The second kappa shape index (κ2) is 10.4. The molecule has 0 unspecified atom stereocenters. The molecule has 0 spiro atoms. The first-order chi connectivity index (χ1) is 13.6. The van der Waals surface area contributed by atoms with Crippen LogP contribution in [-0.4, -0.2) is 30.4 Å². The van der Waals surface area contributed by atoms with E-state index in [0.717, 1.165) is 37.2 Å². The van der Waals surface area contributed by atoms with Crippen LogP contribution in [0, 0.1) is 11.8 Å². The van der Waals surface area contributed by atoms with Gasteiger partial charge < -0.3 is 15.0 Å². The number of hydrogen-bond donors (Lipinski definition) is 1. The first kappa shape index (κ1) is 20.6. The molecular weight excluding hydrogens is 348 g/mol. The molecule has 1 aliphatic rings. The van der Waals surface area contributed by atoms with Crippen LogP contribution in [0.5, 0.6) is 0 Å². The number of amides is 1. The van der Waals surface area contributed by atoms with E-state index in [9.17, 15) is 4.79 Å². The van der Waals surface area contributed by atoms with E-state index in [0.29, 0.717) is 25.7 Å². The van der Waals surface area contributed by atoms with Crippen molar-refractivity contribution < 1.29 is 9.53 Å². The van der Waals surface area contributed by atoms with Gasteiger partial charge in [0, 0.05) is 19.6 Å². The highest BCUT2D eigenvalue weighted by atomic mass is 16.5. The van der Waals surface area contributed by atoms with Crippen LogP contribution in [-0.2, 0) is 29.3 Å². The molecule has 1 amide bonds. The Morgan fingerprint density at radius 2 is 1.79 bits per heavy atom. The Bertz CT molecular complexity index is 745. The van der Waals surface area contributed by atoms with Crippen molar-refractivity contribution in [1.29, 1.82) is 0 Å². The fraction of sp³-hybridized carbons (Fsp3) is 0.458. The molecule has 0 radical (unpaired) electrons. The van der Waals surface area contributed by atoms with Crippen LogP contribution in [0.1, 0.15) is 37.0 Å². The summed E-state index contributed by atoms with van der Waals surface area (Å²) in [5.74, 6) is 0.946. The van der Waals surface area contributed by atoms with Crippen LogP contribution in [0.4, 0.5) is 0 Å². The molecule has 2 aromatic rings. The minimum atomic E-state index is 0.121. The summed E-state index contributed by atoms with van der Waals surface area (Å²) in [7, 11) is 0. The van der Waals surface area contributed by atoms with Gasteiger partial charge >= 0.3 is 0 Å². The first-order valence-corrected chi connectivity index (χ1v) is 10.3. The lowest BCUT2D eigenvalue weighted by Gasteiger charge is -2.18. The van der Waals surface area contributed by atoms with Gasteiger partial charge in [-0.1, -0.05) is 68.4 Å². The predicted molar refractivity (Wildman–Crippen MR) is 113 cm³/mol. The molecule has 1 saturated heterocycles. The van der Waals surface area contributed by atoms with Gasteiger partial charge in [-0.15, -0.1) is 0 Å². The van der Waals surface area contributed by atoms with Crippen LogP contribution < -0.4 is 5.32 Å². The highest BCUT2D eigenvalue weighted by Gasteiger charge is 2.28. The summed E-state index contributed by atoms with van der Waals surface area (Å²) < 4.78 is 5.82. The van der Waals surface area contributed by atoms with Gasteiger partial charge in [0.25, 0.3) is 0 Å². The zero-order valence-corrected chi connectivity index (χ0v) is 17.1. The van der Waals surface area contributed by atoms with E-state index >= 15 is 0 Å². The number of benzene rings is 2. The Labute approximate surface area is 168 Å². The lowest BCUT2D eigenvalue weighted by Crippen LogP contribution is -2.33. The summed E-state index contributed by atoms with van der Waals surface area (Å²) in [6.07, 6.45) is 0.964. The molecule has 2 aromatic carbocycles. The second-order valence-corrected chi connectivity index (χ2v) is 8.16. The van der Waals surface area contributed by atoms with Crippen LogP contribution in [0.15, 0.2) is 54.6 Å². The normalized spacial score (nSPS) is 17.2. The summed E-state index contributed by atoms with van der Waals surface area (Å²) in [4.78, 5) is 14.9. The van der Waals surface area contributed by atoms with Crippen molar-refractivity contribution >= 4 is 5.91 Å². The molecule has 150 valence electrons. The molecule has 3 rings (SSSR count). The Balaban J connectivity index is 1.42. The number of likely N-dealkylation sites (tertiary alicyclic amines) is 1. The van der Waals surface area contributed by atoms with Crippen molar-refractivity contribution in [3.05, 3.63) is 71.3 Å². The molecule has 1 atom stereocenters. The molecule has 0 aliphatic carbocycles. The molecular formula is C24H32N2O2. The summed E-state index contributed by atoms with van der Waals surface area (Å²) in [6.45, 7) is 9.20. The third-order valence-electron chi connectivity index (χ3n) is 5.10. The van der Waals surface area contributed by atoms with Gasteiger partial charge in [-0.05, 0) is 35.6 Å². The maximum absolute atomic E-state index is 12.5. The highest BCUT2D eigenvalue weighted by molar-refractivity contribution is 5.79. The number of nitrogens with zero attached hydrogens (tertiary/aromatic N) is 1. The van der Waals surface area contributed by atoms with E-state index in [-0.39, 0.29) is 11.8 Å². The van der Waals surface area contributed by atoms with E-state index in [1.807, 2.05) is 24.3 Å². The van der Waals surface area contributed by atoms with E-state index in [4.69, 9.17) is 4.74 Å². The largest absolute Gasteiger partial charge is 0.372 e. The topological polar surface area (TPSA) is 41.6 Å². The van der Waals surface area contributed by atoms with Crippen molar-refractivity contribution in [2.75, 3.05) is 19.6 Å². The maximum atomic E-state index is 12.5. The molecule has 4 nitrogen and oxygen atoms in total. The van der Waals surface area contributed by atoms with E-state index in [2.05, 4.69) is 54.4 Å². The van der Waals surface area contributed by atoms with Crippen LogP contribution in [0.3, 0.4) is 0 Å². The third-order valence-corrected chi connectivity index (χ3v) is 5.10. The average molecular weight is 381 g/mol. The smallest absolute Gasteiger partial charge is 0.224 e.